The van der Waals surface area contributed by atoms with Gasteiger partial charge in [-0.3, -0.25) is 0 Å². The Balaban J connectivity index is 1.18. The first-order valence-corrected chi connectivity index (χ1v) is 13.5. The van der Waals surface area contributed by atoms with Gasteiger partial charge in [0.1, 0.15) is 18.5 Å². The molecule has 1 atom stereocenters. The van der Waals surface area contributed by atoms with Gasteiger partial charge in [-0.2, -0.15) is 13.2 Å². The lowest BCUT2D eigenvalue weighted by molar-refractivity contribution is -0.139. The van der Waals surface area contributed by atoms with Gasteiger partial charge in [0.15, 0.2) is 0 Å². The van der Waals surface area contributed by atoms with Crippen molar-refractivity contribution in [1.82, 2.24) is 15.2 Å². The molecule has 0 spiro atoms. The molecule has 1 fully saturated rings. The SMILES string of the molecule is O=C(N[C@@H](CCN(CCCCc1ccc2c(n1)NCCC2)C1CC1)C(=O)O)OCc1ccc(C(F)(F)F)cc1. The summed E-state index contributed by atoms with van der Waals surface area (Å²) in [7, 11) is 0. The maximum absolute atomic E-state index is 12.7. The molecule has 1 aromatic carbocycles. The fourth-order valence-corrected chi connectivity index (χ4v) is 4.72. The summed E-state index contributed by atoms with van der Waals surface area (Å²) in [6.07, 6.45) is 2.04. The first kappa shape index (κ1) is 28.7. The van der Waals surface area contributed by atoms with E-state index < -0.39 is 29.8 Å². The van der Waals surface area contributed by atoms with Crippen LogP contribution < -0.4 is 10.6 Å². The highest BCUT2D eigenvalue weighted by atomic mass is 19.4. The number of carbonyl (C=O) groups excluding carboxylic acids is 1. The Kier molecular flexibility index (Phi) is 9.66. The second kappa shape index (κ2) is 13.1. The smallest absolute Gasteiger partial charge is 0.416 e. The van der Waals surface area contributed by atoms with Crippen LogP contribution in [0.4, 0.5) is 23.8 Å². The van der Waals surface area contributed by atoms with E-state index in [1.54, 1.807) is 0 Å². The number of rotatable bonds is 13. The minimum atomic E-state index is -4.45. The van der Waals surface area contributed by atoms with Crippen LogP contribution >= 0.6 is 0 Å². The van der Waals surface area contributed by atoms with Crippen LogP contribution in [0.5, 0.6) is 0 Å². The maximum Gasteiger partial charge on any atom is 0.416 e. The minimum Gasteiger partial charge on any atom is -0.480 e. The molecule has 8 nitrogen and oxygen atoms in total. The second-order valence-corrected chi connectivity index (χ2v) is 10.2. The predicted octanol–water partition coefficient (Wildman–Crippen LogP) is 5.02. The van der Waals surface area contributed by atoms with Crippen LogP contribution in [0, 0.1) is 0 Å². The number of hydrogen-bond donors (Lipinski definition) is 3. The van der Waals surface area contributed by atoms with Crippen molar-refractivity contribution in [3.63, 3.8) is 0 Å². The summed E-state index contributed by atoms with van der Waals surface area (Å²) in [4.78, 5) is 31.0. The number of carboxylic acids is 1. The highest BCUT2D eigenvalue weighted by molar-refractivity contribution is 5.79. The molecule has 0 radical (unpaired) electrons. The number of benzene rings is 1. The number of aliphatic carboxylic acids is 1. The molecule has 1 saturated carbocycles. The van der Waals surface area contributed by atoms with Crippen LogP contribution in [0.15, 0.2) is 36.4 Å². The number of carbonyl (C=O) groups is 2. The van der Waals surface area contributed by atoms with Crippen LogP contribution in [0.2, 0.25) is 0 Å². The van der Waals surface area contributed by atoms with Crippen LogP contribution in [0.3, 0.4) is 0 Å². The molecule has 0 saturated heterocycles. The molecule has 1 aliphatic heterocycles. The van der Waals surface area contributed by atoms with Crippen molar-refractivity contribution in [2.24, 2.45) is 0 Å². The summed E-state index contributed by atoms with van der Waals surface area (Å²) in [6, 6.07) is 7.83. The van der Waals surface area contributed by atoms with Gasteiger partial charge in [0, 0.05) is 24.8 Å². The van der Waals surface area contributed by atoms with Gasteiger partial charge in [-0.25, -0.2) is 14.6 Å². The Morgan fingerprint density at radius 1 is 1.13 bits per heavy atom. The van der Waals surface area contributed by atoms with E-state index in [9.17, 15) is 27.9 Å². The van der Waals surface area contributed by atoms with E-state index in [-0.39, 0.29) is 13.0 Å². The number of unbranched alkanes of at least 4 members (excludes halogenated alkanes) is 1. The number of pyridine rings is 1. The Bertz CT molecular complexity index is 1120. The summed E-state index contributed by atoms with van der Waals surface area (Å²) in [5.74, 6) is -0.159. The lowest BCUT2D eigenvalue weighted by atomic mass is 10.1. The number of fused-ring (bicyclic) bond motifs is 1. The summed E-state index contributed by atoms with van der Waals surface area (Å²) >= 11 is 0. The van der Waals surface area contributed by atoms with Crippen molar-refractivity contribution in [2.45, 2.75) is 76.2 Å². The largest absolute Gasteiger partial charge is 0.480 e. The van der Waals surface area contributed by atoms with E-state index in [2.05, 4.69) is 27.7 Å². The van der Waals surface area contributed by atoms with E-state index >= 15 is 0 Å². The minimum absolute atomic E-state index is 0.221. The Hall–Kier alpha value is -3.34. The average Bonchev–Trinajstić information content (AvgIpc) is 3.76. The van der Waals surface area contributed by atoms with Gasteiger partial charge in [0.05, 0.1) is 5.56 Å². The van der Waals surface area contributed by atoms with Crippen molar-refractivity contribution >= 4 is 17.9 Å². The van der Waals surface area contributed by atoms with E-state index in [0.29, 0.717) is 18.2 Å². The van der Waals surface area contributed by atoms with Gasteiger partial charge in [-0.15, -0.1) is 0 Å². The highest BCUT2D eigenvalue weighted by Gasteiger charge is 2.31. The number of nitrogens with one attached hydrogen (secondary N) is 2. The Labute approximate surface area is 225 Å². The van der Waals surface area contributed by atoms with Crippen molar-refractivity contribution in [1.29, 1.82) is 0 Å². The van der Waals surface area contributed by atoms with Gasteiger partial charge in [0.25, 0.3) is 0 Å². The van der Waals surface area contributed by atoms with Gasteiger partial charge < -0.3 is 25.4 Å². The van der Waals surface area contributed by atoms with Crippen LogP contribution in [-0.2, 0) is 35.2 Å². The molecular weight excluding hydrogens is 513 g/mol. The highest BCUT2D eigenvalue weighted by Crippen LogP contribution is 2.29. The molecule has 11 heteroatoms. The summed E-state index contributed by atoms with van der Waals surface area (Å²) in [5, 5.41) is 15.3. The molecule has 3 N–H and O–H groups in total. The van der Waals surface area contributed by atoms with E-state index in [1.807, 2.05) is 0 Å². The molecule has 2 aromatic rings. The van der Waals surface area contributed by atoms with E-state index in [0.717, 1.165) is 81.7 Å². The van der Waals surface area contributed by atoms with Gasteiger partial charge in [-0.05, 0) is 87.2 Å². The van der Waals surface area contributed by atoms with Crippen molar-refractivity contribution in [2.75, 3.05) is 25.0 Å². The quantitative estimate of drug-likeness (QED) is 0.302. The number of aromatic nitrogens is 1. The lowest BCUT2D eigenvalue weighted by Gasteiger charge is -2.24. The third kappa shape index (κ3) is 8.84. The number of nitrogens with zero attached hydrogens (tertiary/aromatic N) is 2. The molecule has 0 bridgehead atoms. The second-order valence-electron chi connectivity index (χ2n) is 10.2. The zero-order chi connectivity index (χ0) is 27.8. The number of aryl methyl sites for hydroxylation is 2. The summed E-state index contributed by atoms with van der Waals surface area (Å²) in [6.45, 7) is 2.07. The normalized spacial score (nSPS) is 15.8. The van der Waals surface area contributed by atoms with Crippen LogP contribution in [-0.4, -0.2) is 58.8 Å². The number of ether oxygens (including phenoxy) is 1. The van der Waals surface area contributed by atoms with Gasteiger partial charge in [0.2, 0.25) is 0 Å². The third-order valence-corrected chi connectivity index (χ3v) is 7.09. The molecule has 4 rings (SSSR count). The fourth-order valence-electron chi connectivity index (χ4n) is 4.72. The molecule has 1 aliphatic carbocycles. The third-order valence-electron chi connectivity index (χ3n) is 7.09. The molecule has 39 heavy (non-hydrogen) atoms. The van der Waals surface area contributed by atoms with Crippen molar-refractivity contribution < 1.29 is 32.6 Å². The Morgan fingerprint density at radius 2 is 1.90 bits per heavy atom. The van der Waals surface area contributed by atoms with Gasteiger partial charge >= 0.3 is 18.2 Å². The lowest BCUT2D eigenvalue weighted by Crippen LogP contribution is -2.43. The molecular formula is C28H35F3N4O4. The fraction of sp³-hybridized carbons (Fsp3) is 0.536. The maximum atomic E-state index is 12.7. The van der Waals surface area contributed by atoms with Crippen LogP contribution in [0.1, 0.15) is 60.9 Å². The Morgan fingerprint density at radius 3 is 2.59 bits per heavy atom. The number of alkyl halides is 3. The van der Waals surface area contributed by atoms with Crippen LogP contribution in [0.25, 0.3) is 0 Å². The standard InChI is InChI=1S/C28H35F3N4O4/c29-28(30,31)21-9-6-19(7-10-21)18-39-27(38)34-24(26(36)37)14-17-35(23-12-13-23)16-2-1-5-22-11-8-20-4-3-15-32-25(20)33-22/h6-11,23-24H,1-5,12-18H2,(H,32,33)(H,34,38)(H,36,37)/t24-/m0/s1. The molecule has 2 aliphatic rings. The first-order valence-electron chi connectivity index (χ1n) is 13.5. The predicted molar refractivity (Wildman–Crippen MR) is 139 cm³/mol. The van der Waals surface area contributed by atoms with Crippen molar-refractivity contribution in [3.05, 3.63) is 58.8 Å². The van der Waals surface area contributed by atoms with E-state index in [1.165, 1.54) is 17.7 Å². The zero-order valence-corrected chi connectivity index (χ0v) is 21.8. The number of anilines is 1. The molecule has 212 valence electrons. The zero-order valence-electron chi connectivity index (χ0n) is 21.8. The van der Waals surface area contributed by atoms with Crippen molar-refractivity contribution in [3.8, 4) is 0 Å². The number of carboxylic acid groups (broad SMARTS) is 1. The monoisotopic (exact) mass is 548 g/mol. The molecule has 1 amide bonds. The van der Waals surface area contributed by atoms with E-state index in [4.69, 9.17) is 9.72 Å². The van der Waals surface area contributed by atoms with Gasteiger partial charge in [-0.1, -0.05) is 18.2 Å². The molecule has 0 unspecified atom stereocenters. The first-order chi connectivity index (χ1) is 18.7. The molecule has 1 aromatic heterocycles. The average molecular weight is 549 g/mol. The number of halogens is 3. The number of amides is 1. The number of hydrogen-bond acceptors (Lipinski definition) is 6. The summed E-state index contributed by atoms with van der Waals surface area (Å²) < 4.78 is 43.1. The topological polar surface area (TPSA) is 104 Å². The number of alkyl carbamates (subject to hydrolysis) is 1. The molecule has 2 heterocycles. The summed E-state index contributed by atoms with van der Waals surface area (Å²) in [5.41, 5.74) is 1.92.